The van der Waals surface area contributed by atoms with E-state index in [4.69, 9.17) is 0 Å². The molecule has 0 radical (unpaired) electrons. The Bertz CT molecular complexity index is 528. The standard InChI is InChI=1S/C16H28F3N5O/c1-4-20-15(22-8-6-10-25-12-16(17,18)19)21-7-5-9-24-14(3)11-13(2)23-24/h11H,4-10,12H2,1-3H3,(H2,20,21,22). The summed E-state index contributed by atoms with van der Waals surface area (Å²) in [6, 6.07) is 2.04. The van der Waals surface area contributed by atoms with Crippen LogP contribution in [0.3, 0.4) is 0 Å². The highest BCUT2D eigenvalue weighted by molar-refractivity contribution is 5.79. The Labute approximate surface area is 146 Å². The van der Waals surface area contributed by atoms with E-state index in [-0.39, 0.29) is 6.61 Å². The van der Waals surface area contributed by atoms with Gasteiger partial charge in [0.1, 0.15) is 6.61 Å². The quantitative estimate of drug-likeness (QED) is 0.381. The molecule has 0 spiro atoms. The summed E-state index contributed by atoms with van der Waals surface area (Å²) >= 11 is 0. The molecule has 0 atom stereocenters. The topological polar surface area (TPSA) is 63.5 Å². The number of hydrogen-bond donors (Lipinski definition) is 2. The maximum Gasteiger partial charge on any atom is 0.411 e. The van der Waals surface area contributed by atoms with E-state index in [9.17, 15) is 13.2 Å². The number of ether oxygens (including phenoxy) is 1. The van der Waals surface area contributed by atoms with Gasteiger partial charge in [0.15, 0.2) is 5.96 Å². The third-order valence-corrected chi connectivity index (χ3v) is 3.27. The summed E-state index contributed by atoms with van der Waals surface area (Å²) in [7, 11) is 0. The molecular weight excluding hydrogens is 335 g/mol. The molecule has 144 valence electrons. The van der Waals surface area contributed by atoms with Crippen LogP contribution < -0.4 is 10.6 Å². The molecule has 0 saturated carbocycles. The number of hydrogen-bond acceptors (Lipinski definition) is 3. The number of aliphatic imine (C=N–C) groups is 1. The monoisotopic (exact) mass is 363 g/mol. The summed E-state index contributed by atoms with van der Waals surface area (Å²) < 4.78 is 42.3. The third kappa shape index (κ3) is 9.96. The number of nitrogens with one attached hydrogen (secondary N) is 2. The summed E-state index contributed by atoms with van der Waals surface area (Å²) in [6.45, 7) is 7.46. The molecular formula is C16H28F3N5O. The average Bonchev–Trinajstić information content (AvgIpc) is 2.83. The Morgan fingerprint density at radius 3 is 2.64 bits per heavy atom. The van der Waals surface area contributed by atoms with E-state index in [1.54, 1.807) is 0 Å². The van der Waals surface area contributed by atoms with Gasteiger partial charge < -0.3 is 15.4 Å². The number of aryl methyl sites for hydroxylation is 3. The Hall–Kier alpha value is -1.77. The zero-order valence-corrected chi connectivity index (χ0v) is 15.1. The highest BCUT2D eigenvalue weighted by Crippen LogP contribution is 2.14. The smallest absolute Gasteiger partial charge is 0.372 e. The van der Waals surface area contributed by atoms with Crippen LogP contribution in [0.15, 0.2) is 11.1 Å². The normalized spacial score (nSPS) is 12.5. The minimum Gasteiger partial charge on any atom is -0.372 e. The molecule has 6 nitrogen and oxygen atoms in total. The summed E-state index contributed by atoms with van der Waals surface area (Å²) in [5, 5.41) is 10.6. The molecule has 1 aromatic rings. The van der Waals surface area contributed by atoms with Gasteiger partial charge in [-0.05, 0) is 39.7 Å². The zero-order chi connectivity index (χ0) is 18.7. The van der Waals surface area contributed by atoms with Gasteiger partial charge >= 0.3 is 6.18 Å². The number of alkyl halides is 3. The van der Waals surface area contributed by atoms with Crippen LogP contribution in [0.1, 0.15) is 31.2 Å². The second-order valence-corrected chi connectivity index (χ2v) is 5.71. The van der Waals surface area contributed by atoms with E-state index in [0.29, 0.717) is 32.0 Å². The van der Waals surface area contributed by atoms with Crippen molar-refractivity contribution in [3.05, 3.63) is 17.5 Å². The Balaban J connectivity index is 2.23. The highest BCUT2D eigenvalue weighted by Gasteiger charge is 2.27. The van der Waals surface area contributed by atoms with Crippen molar-refractivity contribution in [3.63, 3.8) is 0 Å². The second-order valence-electron chi connectivity index (χ2n) is 5.71. The summed E-state index contributed by atoms with van der Waals surface area (Å²) in [6.07, 6.45) is -2.94. The number of halogens is 3. The molecule has 0 amide bonds. The van der Waals surface area contributed by atoms with Crippen LogP contribution in [0, 0.1) is 13.8 Å². The van der Waals surface area contributed by atoms with E-state index in [2.05, 4.69) is 25.5 Å². The molecule has 1 rings (SSSR count). The van der Waals surface area contributed by atoms with Crippen molar-refractivity contribution in [2.75, 3.05) is 32.8 Å². The zero-order valence-electron chi connectivity index (χ0n) is 15.1. The maximum absolute atomic E-state index is 11.9. The van der Waals surface area contributed by atoms with Gasteiger partial charge in [-0.3, -0.25) is 9.67 Å². The Kier molecular flexibility index (Phi) is 9.33. The number of nitrogens with zero attached hydrogens (tertiary/aromatic N) is 3. The molecule has 0 fully saturated rings. The van der Waals surface area contributed by atoms with Crippen LogP contribution in [0.2, 0.25) is 0 Å². The minimum atomic E-state index is -4.27. The fourth-order valence-electron chi connectivity index (χ4n) is 2.22. The van der Waals surface area contributed by atoms with E-state index in [1.165, 1.54) is 0 Å². The molecule has 0 aromatic carbocycles. The van der Waals surface area contributed by atoms with E-state index in [0.717, 1.165) is 24.4 Å². The van der Waals surface area contributed by atoms with Gasteiger partial charge in [-0.2, -0.15) is 18.3 Å². The highest BCUT2D eigenvalue weighted by atomic mass is 19.4. The molecule has 0 aliphatic heterocycles. The molecule has 0 aliphatic rings. The van der Waals surface area contributed by atoms with Gasteiger partial charge in [-0.15, -0.1) is 0 Å². The third-order valence-electron chi connectivity index (χ3n) is 3.27. The van der Waals surface area contributed by atoms with Crippen molar-refractivity contribution in [1.82, 2.24) is 20.4 Å². The molecule has 0 bridgehead atoms. The average molecular weight is 363 g/mol. The van der Waals surface area contributed by atoms with E-state index in [1.807, 2.05) is 31.5 Å². The molecule has 1 aromatic heterocycles. The predicted molar refractivity (Wildman–Crippen MR) is 91.8 cm³/mol. The first-order valence-corrected chi connectivity index (χ1v) is 8.49. The largest absolute Gasteiger partial charge is 0.411 e. The van der Waals surface area contributed by atoms with Crippen LogP contribution >= 0.6 is 0 Å². The first-order chi connectivity index (χ1) is 11.8. The fraction of sp³-hybridized carbons (Fsp3) is 0.750. The fourth-order valence-corrected chi connectivity index (χ4v) is 2.22. The molecule has 0 saturated heterocycles. The first-order valence-electron chi connectivity index (χ1n) is 8.49. The van der Waals surface area contributed by atoms with Gasteiger partial charge in [0.25, 0.3) is 0 Å². The van der Waals surface area contributed by atoms with Crippen molar-refractivity contribution in [1.29, 1.82) is 0 Å². The van der Waals surface area contributed by atoms with E-state index < -0.39 is 12.8 Å². The second kappa shape index (κ2) is 11.0. The Morgan fingerprint density at radius 2 is 2.04 bits per heavy atom. The van der Waals surface area contributed by atoms with Gasteiger partial charge in [0.05, 0.1) is 5.69 Å². The van der Waals surface area contributed by atoms with Crippen molar-refractivity contribution in [2.45, 2.75) is 46.3 Å². The van der Waals surface area contributed by atoms with Crippen molar-refractivity contribution < 1.29 is 17.9 Å². The molecule has 9 heteroatoms. The van der Waals surface area contributed by atoms with Crippen LogP contribution in [0.5, 0.6) is 0 Å². The van der Waals surface area contributed by atoms with Gasteiger partial charge in [-0.25, -0.2) is 0 Å². The van der Waals surface area contributed by atoms with Crippen LogP contribution in [0.25, 0.3) is 0 Å². The molecule has 1 heterocycles. The van der Waals surface area contributed by atoms with Crippen LogP contribution in [-0.4, -0.2) is 54.8 Å². The number of aromatic nitrogens is 2. The summed E-state index contributed by atoms with van der Waals surface area (Å²) in [5.41, 5.74) is 2.13. The SMILES string of the molecule is CCNC(=NCCCn1nc(C)cc1C)NCCCOCC(F)(F)F. The molecule has 0 unspecified atom stereocenters. The summed E-state index contributed by atoms with van der Waals surface area (Å²) in [5.74, 6) is 0.659. The van der Waals surface area contributed by atoms with Crippen molar-refractivity contribution in [2.24, 2.45) is 4.99 Å². The minimum absolute atomic E-state index is 0.0594. The van der Waals surface area contributed by atoms with Gasteiger partial charge in [0.2, 0.25) is 0 Å². The lowest BCUT2D eigenvalue weighted by Gasteiger charge is -2.12. The summed E-state index contributed by atoms with van der Waals surface area (Å²) in [4.78, 5) is 4.45. The van der Waals surface area contributed by atoms with Crippen LogP contribution in [-0.2, 0) is 11.3 Å². The molecule has 2 N–H and O–H groups in total. The predicted octanol–water partition coefficient (Wildman–Crippen LogP) is 2.41. The first kappa shape index (κ1) is 21.3. The maximum atomic E-state index is 11.9. The van der Waals surface area contributed by atoms with Crippen LogP contribution in [0.4, 0.5) is 13.2 Å². The lowest BCUT2D eigenvalue weighted by atomic mass is 10.4. The van der Waals surface area contributed by atoms with Gasteiger partial charge in [-0.1, -0.05) is 0 Å². The van der Waals surface area contributed by atoms with Gasteiger partial charge in [0, 0.05) is 38.5 Å². The molecule has 0 aliphatic carbocycles. The lowest BCUT2D eigenvalue weighted by molar-refractivity contribution is -0.173. The Morgan fingerprint density at radius 1 is 1.28 bits per heavy atom. The molecule has 25 heavy (non-hydrogen) atoms. The number of guanidine groups is 1. The van der Waals surface area contributed by atoms with E-state index >= 15 is 0 Å². The van der Waals surface area contributed by atoms with Crippen molar-refractivity contribution >= 4 is 5.96 Å². The number of rotatable bonds is 10. The van der Waals surface area contributed by atoms with Crippen molar-refractivity contribution in [3.8, 4) is 0 Å². The lowest BCUT2D eigenvalue weighted by Crippen LogP contribution is -2.38.